The van der Waals surface area contributed by atoms with Gasteiger partial charge in [-0.2, -0.15) is 0 Å². The zero-order chi connectivity index (χ0) is 23.5. The van der Waals surface area contributed by atoms with E-state index < -0.39 is 28.0 Å². The molecule has 3 rings (SSSR count). The third-order valence-electron chi connectivity index (χ3n) is 3.96. The van der Waals surface area contributed by atoms with Crippen molar-refractivity contribution in [3.05, 3.63) is 77.3 Å². The Labute approximate surface area is 186 Å². The molecular weight excluding hydrogens is 471 g/mol. The Morgan fingerprint density at radius 1 is 0.938 bits per heavy atom. The lowest BCUT2D eigenvalue weighted by molar-refractivity contribution is -0.274. The first-order valence-corrected chi connectivity index (χ1v) is 11.1. The molecule has 0 fully saturated rings. The maximum Gasteiger partial charge on any atom is 0.573 e. The zero-order valence-corrected chi connectivity index (χ0v) is 17.9. The van der Waals surface area contributed by atoms with E-state index in [1.165, 1.54) is 36.4 Å². The molecule has 3 aromatic carbocycles. The number of benzene rings is 3. The van der Waals surface area contributed by atoms with Gasteiger partial charge in [-0.3, -0.25) is 4.79 Å². The summed E-state index contributed by atoms with van der Waals surface area (Å²) in [6, 6.07) is 15.3. The zero-order valence-electron chi connectivity index (χ0n) is 16.3. The number of alkyl halides is 3. The number of carbonyl (C=O) groups is 1. The van der Waals surface area contributed by atoms with Crippen LogP contribution in [-0.4, -0.2) is 26.9 Å². The van der Waals surface area contributed by atoms with Gasteiger partial charge in [-0.1, -0.05) is 29.8 Å². The molecule has 0 aliphatic heterocycles. The van der Waals surface area contributed by atoms with E-state index in [-0.39, 0.29) is 22.4 Å². The number of halogens is 4. The first-order valence-electron chi connectivity index (χ1n) is 8.86. The Morgan fingerprint density at radius 2 is 1.59 bits per heavy atom. The van der Waals surface area contributed by atoms with Crippen molar-refractivity contribution in [2.75, 3.05) is 6.26 Å². The van der Waals surface area contributed by atoms with Crippen LogP contribution in [0.2, 0.25) is 5.02 Å². The summed E-state index contributed by atoms with van der Waals surface area (Å²) in [6.45, 7) is 0. The summed E-state index contributed by atoms with van der Waals surface area (Å²) in [5.74, 6) is -1.05. The second kappa shape index (κ2) is 9.09. The summed E-state index contributed by atoms with van der Waals surface area (Å²) >= 11 is 5.86. The number of hydrogen-bond donors (Lipinski definition) is 1. The van der Waals surface area contributed by atoms with Crippen molar-refractivity contribution in [1.82, 2.24) is 4.72 Å². The van der Waals surface area contributed by atoms with Crippen molar-refractivity contribution >= 4 is 27.5 Å². The number of rotatable bonds is 6. The van der Waals surface area contributed by atoms with Crippen molar-refractivity contribution in [3.8, 4) is 28.4 Å². The lowest BCUT2D eigenvalue weighted by Gasteiger charge is -2.17. The average Bonchev–Trinajstić information content (AvgIpc) is 2.68. The Hall–Kier alpha value is -3.24. The van der Waals surface area contributed by atoms with Crippen molar-refractivity contribution in [2.45, 2.75) is 6.36 Å². The van der Waals surface area contributed by atoms with Gasteiger partial charge in [-0.15, -0.1) is 13.2 Å². The van der Waals surface area contributed by atoms with E-state index in [1.807, 2.05) is 4.72 Å². The fourth-order valence-corrected chi connectivity index (χ4v) is 3.31. The van der Waals surface area contributed by atoms with Gasteiger partial charge in [0.1, 0.15) is 17.2 Å². The predicted octanol–water partition coefficient (Wildman–Crippen LogP) is 5.39. The Balaban J connectivity index is 2.13. The molecule has 0 atom stereocenters. The van der Waals surface area contributed by atoms with E-state index in [1.54, 1.807) is 24.3 Å². The molecule has 0 aromatic heterocycles. The van der Waals surface area contributed by atoms with Crippen LogP contribution in [-0.2, 0) is 10.0 Å². The first-order chi connectivity index (χ1) is 14.9. The van der Waals surface area contributed by atoms with Crippen LogP contribution in [0, 0.1) is 0 Å². The summed E-state index contributed by atoms with van der Waals surface area (Å²) in [4.78, 5) is 12.3. The number of sulfonamides is 1. The molecule has 0 radical (unpaired) electrons. The van der Waals surface area contributed by atoms with Crippen molar-refractivity contribution in [3.63, 3.8) is 0 Å². The van der Waals surface area contributed by atoms with Crippen LogP contribution in [0.25, 0.3) is 11.1 Å². The van der Waals surface area contributed by atoms with E-state index >= 15 is 0 Å². The first kappa shape index (κ1) is 23.4. The van der Waals surface area contributed by atoms with Crippen molar-refractivity contribution in [1.29, 1.82) is 0 Å². The molecule has 0 heterocycles. The number of hydrogen-bond acceptors (Lipinski definition) is 5. The lowest BCUT2D eigenvalue weighted by atomic mass is 10.0. The summed E-state index contributed by atoms with van der Waals surface area (Å²) in [6.07, 6.45) is -4.16. The maximum atomic E-state index is 12.9. The summed E-state index contributed by atoms with van der Waals surface area (Å²) in [5, 5.41) is 0.453. The average molecular weight is 486 g/mol. The van der Waals surface area contributed by atoms with Gasteiger partial charge in [0.05, 0.1) is 6.26 Å². The van der Waals surface area contributed by atoms with Crippen LogP contribution in [0.1, 0.15) is 10.4 Å². The third kappa shape index (κ3) is 6.38. The maximum absolute atomic E-state index is 12.9. The molecule has 0 saturated carbocycles. The van der Waals surface area contributed by atoms with Crippen LogP contribution in [0.4, 0.5) is 13.2 Å². The highest BCUT2D eigenvalue weighted by atomic mass is 35.5. The normalized spacial score (nSPS) is 11.7. The molecule has 0 spiro atoms. The highest BCUT2D eigenvalue weighted by Crippen LogP contribution is 2.40. The number of carbonyl (C=O) groups excluding carboxylic acids is 1. The van der Waals surface area contributed by atoms with Crippen LogP contribution in [0.5, 0.6) is 17.2 Å². The smallest absolute Gasteiger partial charge is 0.457 e. The number of amides is 1. The second-order valence-electron chi connectivity index (χ2n) is 6.51. The molecule has 0 unspecified atom stereocenters. The highest BCUT2D eigenvalue weighted by molar-refractivity contribution is 7.89. The summed E-state index contributed by atoms with van der Waals surface area (Å²) in [7, 11) is -3.86. The van der Waals surface area contributed by atoms with Gasteiger partial charge >= 0.3 is 6.36 Å². The van der Waals surface area contributed by atoms with E-state index in [9.17, 15) is 26.4 Å². The van der Waals surface area contributed by atoms with E-state index in [0.29, 0.717) is 10.8 Å². The number of para-hydroxylation sites is 1. The summed E-state index contributed by atoms with van der Waals surface area (Å²) in [5.41, 5.74) is -0.0700. The monoisotopic (exact) mass is 485 g/mol. The van der Waals surface area contributed by atoms with Gasteiger partial charge in [0, 0.05) is 21.7 Å². The van der Waals surface area contributed by atoms with Gasteiger partial charge in [-0.05, 0) is 48.5 Å². The molecular formula is C21H15ClF3NO5S. The van der Waals surface area contributed by atoms with E-state index in [0.717, 1.165) is 12.3 Å². The highest BCUT2D eigenvalue weighted by Gasteiger charge is 2.32. The molecule has 0 saturated heterocycles. The van der Waals surface area contributed by atoms with Gasteiger partial charge in [0.25, 0.3) is 5.91 Å². The minimum absolute atomic E-state index is 0.0252. The Kier molecular flexibility index (Phi) is 6.65. The lowest BCUT2D eigenvalue weighted by Crippen LogP contribution is -2.29. The molecule has 0 bridgehead atoms. The molecule has 11 heteroatoms. The fraction of sp³-hybridized carbons (Fsp3) is 0.0952. The van der Waals surface area contributed by atoms with Crippen molar-refractivity contribution < 1.29 is 35.9 Å². The minimum Gasteiger partial charge on any atom is -0.457 e. The SMILES string of the molecule is CS(=O)(=O)NC(=O)c1ccc(Oc2ccc(Cl)cc2)c(-c2ccccc2OC(F)(F)F)c1. The molecule has 32 heavy (non-hydrogen) atoms. The Bertz CT molecular complexity index is 1250. The van der Waals surface area contributed by atoms with Gasteiger partial charge in [0.15, 0.2) is 0 Å². The van der Waals surface area contributed by atoms with Gasteiger partial charge in [0.2, 0.25) is 10.0 Å². The van der Waals surface area contributed by atoms with Crippen LogP contribution in [0.15, 0.2) is 66.7 Å². The quantitative estimate of drug-likeness (QED) is 0.506. The number of ether oxygens (including phenoxy) is 2. The van der Waals surface area contributed by atoms with E-state index in [4.69, 9.17) is 16.3 Å². The largest absolute Gasteiger partial charge is 0.573 e. The standard InChI is InChI=1S/C21H15ClF3NO5S/c1-32(28,29)26-20(27)13-6-11-18(30-15-9-7-14(22)8-10-15)17(12-13)16-4-2-3-5-19(16)31-21(23,24)25/h2-12H,1H3,(H,26,27). The molecule has 1 amide bonds. The van der Waals surface area contributed by atoms with Crippen molar-refractivity contribution in [2.24, 2.45) is 0 Å². The van der Waals surface area contributed by atoms with E-state index in [2.05, 4.69) is 4.74 Å². The van der Waals surface area contributed by atoms with Gasteiger partial charge in [-0.25, -0.2) is 13.1 Å². The summed E-state index contributed by atoms with van der Waals surface area (Å²) < 4.78 is 73.3. The topological polar surface area (TPSA) is 81.7 Å². The molecule has 6 nitrogen and oxygen atoms in total. The molecule has 168 valence electrons. The van der Waals surface area contributed by atoms with Crippen LogP contribution >= 0.6 is 11.6 Å². The fourth-order valence-electron chi connectivity index (χ4n) is 2.73. The predicted molar refractivity (Wildman–Crippen MR) is 112 cm³/mol. The molecule has 0 aliphatic rings. The Morgan fingerprint density at radius 3 is 2.22 bits per heavy atom. The minimum atomic E-state index is -4.96. The number of nitrogens with one attached hydrogen (secondary N) is 1. The van der Waals surface area contributed by atoms with Crippen LogP contribution < -0.4 is 14.2 Å². The third-order valence-corrected chi connectivity index (χ3v) is 4.77. The molecule has 3 aromatic rings. The second-order valence-corrected chi connectivity index (χ2v) is 8.70. The van der Waals surface area contributed by atoms with Gasteiger partial charge < -0.3 is 9.47 Å². The molecule has 0 aliphatic carbocycles. The molecule has 1 N–H and O–H groups in total. The van der Waals surface area contributed by atoms with Crippen LogP contribution in [0.3, 0.4) is 0 Å².